The van der Waals surface area contributed by atoms with Crippen LogP contribution < -0.4 is 15.1 Å². The lowest BCUT2D eigenvalue weighted by Crippen LogP contribution is -2.53. The maximum atomic E-state index is 15.0. The normalized spacial score (nSPS) is 14.4. The first-order valence-corrected chi connectivity index (χ1v) is 13.9. The van der Waals surface area contributed by atoms with E-state index in [0.29, 0.717) is 28.8 Å². The number of hydrogen-bond donors (Lipinski definition) is 2. The third-order valence-corrected chi connectivity index (χ3v) is 7.54. The fourth-order valence-corrected chi connectivity index (χ4v) is 5.23. The van der Waals surface area contributed by atoms with E-state index >= 15 is 4.39 Å². The van der Waals surface area contributed by atoms with Gasteiger partial charge in [-0.2, -0.15) is 0 Å². The van der Waals surface area contributed by atoms with Crippen molar-refractivity contribution in [3.8, 4) is 28.0 Å². The van der Waals surface area contributed by atoms with E-state index in [-0.39, 0.29) is 21.9 Å². The number of rotatable bonds is 8. The van der Waals surface area contributed by atoms with E-state index in [0.717, 1.165) is 37.7 Å². The molecule has 1 aliphatic rings. The van der Waals surface area contributed by atoms with Crippen molar-refractivity contribution in [1.82, 2.24) is 14.8 Å². The third-order valence-electron chi connectivity index (χ3n) is 7.23. The highest BCUT2D eigenvalue weighted by atomic mass is 35.5. The Morgan fingerprint density at radius 1 is 1.02 bits per heavy atom. The zero-order valence-corrected chi connectivity index (χ0v) is 25.2. The number of aromatic nitrogens is 1. The Labute approximate surface area is 246 Å². The van der Waals surface area contributed by atoms with Gasteiger partial charge in [0.2, 0.25) is 6.41 Å². The monoisotopic (exact) mass is 580 g/mol. The number of hydrogen-bond acceptors (Lipinski definition) is 7. The molecule has 1 aliphatic heterocycles. The molecule has 0 unspecified atom stereocenters. The van der Waals surface area contributed by atoms with E-state index in [1.165, 1.54) is 17.0 Å². The SMILES string of the molecule is CNc1ncc(-c2cc(F)cc(-c3ccc(N(C=O)/C=C\N(C)C)c(Cl)c3)c2O)cc1N1CCN(C(C)(C)C)CC1. The number of piperazine rings is 1. The van der Waals surface area contributed by atoms with Crippen molar-refractivity contribution in [2.75, 3.05) is 62.4 Å². The largest absolute Gasteiger partial charge is 0.507 e. The second-order valence-electron chi connectivity index (χ2n) is 11.3. The fraction of sp³-hybridized carbons (Fsp3) is 0.355. The van der Waals surface area contributed by atoms with Crippen LogP contribution >= 0.6 is 11.6 Å². The number of pyridine rings is 1. The number of amides is 1. The molecule has 3 aromatic rings. The number of phenols is 1. The van der Waals surface area contributed by atoms with Gasteiger partial charge >= 0.3 is 0 Å². The Morgan fingerprint density at radius 3 is 2.24 bits per heavy atom. The van der Waals surface area contributed by atoms with Gasteiger partial charge in [0.05, 0.1) is 16.4 Å². The third kappa shape index (κ3) is 6.74. The minimum Gasteiger partial charge on any atom is -0.507 e. The molecule has 10 heteroatoms. The second-order valence-corrected chi connectivity index (χ2v) is 11.7. The van der Waals surface area contributed by atoms with E-state index in [2.05, 4.69) is 40.9 Å². The molecule has 2 heterocycles. The first kappa shape index (κ1) is 30.1. The molecule has 2 N–H and O–H groups in total. The van der Waals surface area contributed by atoms with E-state index in [4.69, 9.17) is 11.6 Å². The maximum absolute atomic E-state index is 15.0. The summed E-state index contributed by atoms with van der Waals surface area (Å²) in [6, 6.07) is 9.50. The highest BCUT2D eigenvalue weighted by Crippen LogP contribution is 2.42. The summed E-state index contributed by atoms with van der Waals surface area (Å²) in [6.07, 6.45) is 5.60. The molecular formula is C31H38ClFN6O2. The molecule has 0 bridgehead atoms. The van der Waals surface area contributed by atoms with Crippen LogP contribution in [0, 0.1) is 5.82 Å². The van der Waals surface area contributed by atoms with Crippen molar-refractivity contribution >= 4 is 35.2 Å². The predicted octanol–water partition coefficient (Wildman–Crippen LogP) is 5.87. The summed E-state index contributed by atoms with van der Waals surface area (Å²) in [5, 5.41) is 14.8. The highest BCUT2D eigenvalue weighted by Gasteiger charge is 2.27. The summed E-state index contributed by atoms with van der Waals surface area (Å²) < 4.78 is 15.0. The zero-order chi connectivity index (χ0) is 29.9. The summed E-state index contributed by atoms with van der Waals surface area (Å²) in [5.74, 6) is 0.131. The molecule has 2 aromatic carbocycles. The molecule has 0 spiro atoms. The lowest BCUT2D eigenvalue weighted by atomic mass is 9.97. The van der Waals surface area contributed by atoms with Gasteiger partial charge in [-0.25, -0.2) is 9.37 Å². The van der Waals surface area contributed by atoms with Gasteiger partial charge in [0.15, 0.2) is 0 Å². The molecule has 0 saturated carbocycles. The molecule has 1 amide bonds. The van der Waals surface area contributed by atoms with Crippen molar-refractivity contribution in [3.63, 3.8) is 0 Å². The van der Waals surface area contributed by atoms with Gasteiger partial charge < -0.3 is 20.2 Å². The van der Waals surface area contributed by atoms with E-state index < -0.39 is 5.82 Å². The molecular weight excluding hydrogens is 543 g/mol. The minimum atomic E-state index is -0.505. The second kappa shape index (κ2) is 12.4. The van der Waals surface area contributed by atoms with Gasteiger partial charge in [-0.3, -0.25) is 14.6 Å². The van der Waals surface area contributed by atoms with Crippen molar-refractivity contribution in [3.05, 3.63) is 65.8 Å². The first-order valence-electron chi connectivity index (χ1n) is 13.5. The van der Waals surface area contributed by atoms with E-state index in [9.17, 15) is 9.90 Å². The molecule has 1 aromatic heterocycles. The van der Waals surface area contributed by atoms with Gasteiger partial charge in [-0.15, -0.1) is 0 Å². The standard InChI is InChI=1S/C31H38ClFN6O2/c1-31(2,3)39-13-11-37(12-14-39)28-16-22(19-35-30(28)34-4)25-18-23(33)17-24(29(25)41)21-7-8-27(26(32)15-21)38(20-40)10-9-36(5)6/h7-10,15-20,41H,11-14H2,1-6H3,(H,34,35)/b10-9-. The smallest absolute Gasteiger partial charge is 0.218 e. The summed E-state index contributed by atoms with van der Waals surface area (Å²) in [4.78, 5) is 24.1. The van der Waals surface area contributed by atoms with Crippen LogP contribution in [-0.4, -0.2) is 79.2 Å². The number of phenolic OH excluding ortho intramolecular Hbond substituents is 1. The van der Waals surface area contributed by atoms with Crippen molar-refractivity contribution in [1.29, 1.82) is 0 Å². The number of anilines is 3. The maximum Gasteiger partial charge on any atom is 0.218 e. The molecule has 0 aliphatic carbocycles. The van der Waals surface area contributed by atoms with Crippen LogP contribution in [0.25, 0.3) is 22.3 Å². The molecule has 218 valence electrons. The van der Waals surface area contributed by atoms with Crippen LogP contribution in [0.3, 0.4) is 0 Å². The Kier molecular flexibility index (Phi) is 9.09. The number of nitrogens with one attached hydrogen (secondary N) is 1. The Balaban J connectivity index is 1.70. The quantitative estimate of drug-likeness (QED) is 0.323. The number of carbonyl (C=O) groups is 1. The first-order chi connectivity index (χ1) is 19.4. The van der Waals surface area contributed by atoms with Gasteiger partial charge in [0.25, 0.3) is 0 Å². The molecule has 1 fully saturated rings. The fourth-order valence-electron chi connectivity index (χ4n) is 4.95. The molecule has 1 saturated heterocycles. The summed E-state index contributed by atoms with van der Waals surface area (Å²) in [6.45, 7) is 10.1. The van der Waals surface area contributed by atoms with Gasteiger partial charge in [-0.1, -0.05) is 17.7 Å². The number of benzene rings is 2. The molecule has 41 heavy (non-hydrogen) atoms. The number of carbonyl (C=O) groups excluding carboxylic acids is 1. The van der Waals surface area contributed by atoms with Gasteiger partial charge in [0.1, 0.15) is 17.4 Å². The van der Waals surface area contributed by atoms with Gasteiger partial charge in [0, 0.05) is 88.1 Å². The van der Waals surface area contributed by atoms with Gasteiger partial charge in [-0.05, 0) is 56.7 Å². The van der Waals surface area contributed by atoms with Crippen LogP contribution in [0.2, 0.25) is 5.02 Å². The summed E-state index contributed by atoms with van der Waals surface area (Å²) in [7, 11) is 5.50. The van der Waals surface area contributed by atoms with Crippen LogP contribution in [0.5, 0.6) is 5.75 Å². The Bertz CT molecular complexity index is 1430. The highest BCUT2D eigenvalue weighted by molar-refractivity contribution is 6.34. The number of aromatic hydroxyl groups is 1. The molecule has 8 nitrogen and oxygen atoms in total. The zero-order valence-electron chi connectivity index (χ0n) is 24.4. The molecule has 0 radical (unpaired) electrons. The van der Waals surface area contributed by atoms with E-state index in [1.807, 2.05) is 27.2 Å². The molecule has 4 rings (SSSR count). The van der Waals surface area contributed by atoms with Crippen LogP contribution in [0.15, 0.2) is 55.0 Å². The summed E-state index contributed by atoms with van der Waals surface area (Å²) in [5.41, 5.74) is 3.17. The Morgan fingerprint density at radius 2 is 1.68 bits per heavy atom. The Hall–Kier alpha value is -3.82. The lowest BCUT2D eigenvalue weighted by molar-refractivity contribution is -0.106. The average Bonchev–Trinajstić information content (AvgIpc) is 2.94. The van der Waals surface area contributed by atoms with Crippen LogP contribution in [0.4, 0.5) is 21.6 Å². The molecule has 0 atom stereocenters. The van der Waals surface area contributed by atoms with Crippen LogP contribution in [-0.2, 0) is 4.79 Å². The topological polar surface area (TPSA) is 75.2 Å². The van der Waals surface area contributed by atoms with Crippen LogP contribution in [0.1, 0.15) is 20.8 Å². The van der Waals surface area contributed by atoms with E-state index in [1.54, 1.807) is 41.7 Å². The number of nitrogens with zero attached hydrogens (tertiary/aromatic N) is 5. The predicted molar refractivity (Wildman–Crippen MR) is 166 cm³/mol. The lowest BCUT2D eigenvalue weighted by Gasteiger charge is -2.43. The van der Waals surface area contributed by atoms with Crippen molar-refractivity contribution in [2.45, 2.75) is 26.3 Å². The van der Waals surface area contributed by atoms with Crippen molar-refractivity contribution in [2.24, 2.45) is 0 Å². The minimum absolute atomic E-state index is 0.0857. The average molecular weight is 581 g/mol. The van der Waals surface area contributed by atoms with Crippen molar-refractivity contribution < 1.29 is 14.3 Å². The summed E-state index contributed by atoms with van der Waals surface area (Å²) >= 11 is 6.55. The number of halogens is 2.